The number of rotatable bonds is 4. The number of aromatic nitrogens is 1. The SMILES string of the molecule is O=C(Nc1cccc2ccccc12)c1cccn(Cc2ccc(F)cc2)c1=O. The highest BCUT2D eigenvalue weighted by Crippen LogP contribution is 2.23. The number of anilines is 1. The van der Waals surface area contributed by atoms with E-state index in [1.807, 2.05) is 36.4 Å². The van der Waals surface area contributed by atoms with Crippen molar-refractivity contribution in [2.24, 2.45) is 0 Å². The zero-order valence-corrected chi connectivity index (χ0v) is 14.9. The highest BCUT2D eigenvalue weighted by atomic mass is 19.1. The maximum Gasteiger partial charge on any atom is 0.263 e. The predicted octanol–water partition coefficient (Wildman–Crippen LogP) is 4.44. The summed E-state index contributed by atoms with van der Waals surface area (Å²) >= 11 is 0. The molecule has 0 fully saturated rings. The fourth-order valence-electron chi connectivity index (χ4n) is 3.14. The standard InChI is InChI=1S/C23H17FN2O2/c24-18-12-10-16(11-13-18)15-26-14-4-8-20(23(26)28)22(27)25-21-9-3-6-17-5-1-2-7-19(17)21/h1-14H,15H2,(H,25,27). The van der Waals surface area contributed by atoms with Crippen LogP contribution in [0, 0.1) is 5.82 Å². The number of fused-ring (bicyclic) bond motifs is 1. The van der Waals surface area contributed by atoms with E-state index in [4.69, 9.17) is 0 Å². The summed E-state index contributed by atoms with van der Waals surface area (Å²) in [6.07, 6.45) is 1.61. The van der Waals surface area contributed by atoms with Crippen LogP contribution in [0.4, 0.5) is 10.1 Å². The van der Waals surface area contributed by atoms with Crippen LogP contribution in [0.5, 0.6) is 0 Å². The van der Waals surface area contributed by atoms with E-state index in [1.165, 1.54) is 22.8 Å². The second-order valence-corrected chi connectivity index (χ2v) is 6.46. The Morgan fingerprint density at radius 1 is 0.893 bits per heavy atom. The molecule has 1 aromatic heterocycles. The van der Waals surface area contributed by atoms with Gasteiger partial charge in [-0.3, -0.25) is 9.59 Å². The van der Waals surface area contributed by atoms with Crippen LogP contribution < -0.4 is 10.9 Å². The molecule has 0 radical (unpaired) electrons. The lowest BCUT2D eigenvalue weighted by Crippen LogP contribution is -2.29. The number of pyridine rings is 1. The van der Waals surface area contributed by atoms with E-state index in [1.54, 1.807) is 30.5 Å². The summed E-state index contributed by atoms with van der Waals surface area (Å²) in [5.41, 5.74) is 1.08. The van der Waals surface area contributed by atoms with Gasteiger partial charge in [0.2, 0.25) is 0 Å². The smallest absolute Gasteiger partial charge is 0.263 e. The highest BCUT2D eigenvalue weighted by Gasteiger charge is 2.14. The molecule has 28 heavy (non-hydrogen) atoms. The molecule has 0 atom stereocenters. The molecule has 4 rings (SSSR count). The second kappa shape index (κ2) is 7.48. The Balaban J connectivity index is 1.63. The Morgan fingerprint density at radius 2 is 1.64 bits per heavy atom. The monoisotopic (exact) mass is 372 g/mol. The zero-order chi connectivity index (χ0) is 19.5. The largest absolute Gasteiger partial charge is 0.321 e. The van der Waals surface area contributed by atoms with Crippen LogP contribution in [0.1, 0.15) is 15.9 Å². The van der Waals surface area contributed by atoms with Crippen molar-refractivity contribution in [3.63, 3.8) is 0 Å². The molecule has 1 N–H and O–H groups in total. The topological polar surface area (TPSA) is 51.1 Å². The van der Waals surface area contributed by atoms with Crippen molar-refractivity contribution < 1.29 is 9.18 Å². The summed E-state index contributed by atoms with van der Waals surface area (Å²) < 4.78 is 14.5. The number of halogens is 1. The van der Waals surface area contributed by atoms with Crippen LogP contribution in [0.15, 0.2) is 89.9 Å². The van der Waals surface area contributed by atoms with Gasteiger partial charge >= 0.3 is 0 Å². The lowest BCUT2D eigenvalue weighted by atomic mass is 10.1. The summed E-state index contributed by atoms with van der Waals surface area (Å²) in [6.45, 7) is 0.258. The number of carbonyl (C=O) groups excluding carboxylic acids is 1. The summed E-state index contributed by atoms with van der Waals surface area (Å²) in [5, 5.41) is 4.74. The average Bonchev–Trinajstić information content (AvgIpc) is 2.71. The van der Waals surface area contributed by atoms with Gasteiger partial charge < -0.3 is 9.88 Å². The minimum Gasteiger partial charge on any atom is -0.321 e. The molecule has 4 aromatic rings. The summed E-state index contributed by atoms with van der Waals surface area (Å²) in [6, 6.07) is 22.4. The molecule has 4 nitrogen and oxygen atoms in total. The predicted molar refractivity (Wildman–Crippen MR) is 108 cm³/mol. The molecule has 0 bridgehead atoms. The molecule has 0 aliphatic rings. The highest BCUT2D eigenvalue weighted by molar-refractivity contribution is 6.08. The molecule has 5 heteroatoms. The first-order valence-corrected chi connectivity index (χ1v) is 8.85. The summed E-state index contributed by atoms with van der Waals surface area (Å²) in [4.78, 5) is 25.5. The molecule has 138 valence electrons. The Kier molecular flexibility index (Phi) is 4.72. The van der Waals surface area contributed by atoms with Gasteiger partial charge in [-0.05, 0) is 41.3 Å². The molecule has 3 aromatic carbocycles. The molecule has 0 saturated heterocycles. The van der Waals surface area contributed by atoms with E-state index in [0.29, 0.717) is 5.69 Å². The van der Waals surface area contributed by atoms with E-state index < -0.39 is 11.5 Å². The van der Waals surface area contributed by atoms with Gasteiger partial charge in [-0.1, -0.05) is 48.5 Å². The number of hydrogen-bond donors (Lipinski definition) is 1. The van der Waals surface area contributed by atoms with E-state index in [-0.39, 0.29) is 17.9 Å². The van der Waals surface area contributed by atoms with Crippen LogP contribution in [-0.4, -0.2) is 10.5 Å². The molecule has 0 aliphatic carbocycles. The Bertz CT molecular complexity index is 1210. The maximum atomic E-state index is 13.1. The number of nitrogens with one attached hydrogen (secondary N) is 1. The second-order valence-electron chi connectivity index (χ2n) is 6.46. The molecule has 1 heterocycles. The van der Waals surface area contributed by atoms with Crippen molar-refractivity contribution in [3.8, 4) is 0 Å². The van der Waals surface area contributed by atoms with Gasteiger partial charge in [-0.25, -0.2) is 4.39 Å². The third-order valence-electron chi connectivity index (χ3n) is 4.57. The van der Waals surface area contributed by atoms with Crippen LogP contribution in [0.3, 0.4) is 0 Å². The van der Waals surface area contributed by atoms with Crippen LogP contribution in [-0.2, 0) is 6.54 Å². The molecule has 1 amide bonds. The molecule has 0 unspecified atom stereocenters. The van der Waals surface area contributed by atoms with Crippen molar-refractivity contribution in [2.45, 2.75) is 6.54 Å². The van der Waals surface area contributed by atoms with Gasteiger partial charge in [-0.2, -0.15) is 0 Å². The molecule has 0 saturated carbocycles. The number of nitrogens with zero attached hydrogens (tertiary/aromatic N) is 1. The lowest BCUT2D eigenvalue weighted by molar-refractivity contribution is 0.102. The van der Waals surface area contributed by atoms with Gasteiger partial charge in [0.15, 0.2) is 0 Å². The van der Waals surface area contributed by atoms with E-state index in [2.05, 4.69) is 5.32 Å². The first-order valence-electron chi connectivity index (χ1n) is 8.85. The Morgan fingerprint density at radius 3 is 2.46 bits per heavy atom. The average molecular weight is 372 g/mol. The number of hydrogen-bond acceptors (Lipinski definition) is 2. The maximum absolute atomic E-state index is 13.1. The van der Waals surface area contributed by atoms with E-state index in [0.717, 1.165) is 16.3 Å². The minimum absolute atomic E-state index is 0.0533. The first-order chi connectivity index (χ1) is 13.6. The third kappa shape index (κ3) is 3.55. The first kappa shape index (κ1) is 17.7. The van der Waals surface area contributed by atoms with E-state index >= 15 is 0 Å². The minimum atomic E-state index is -0.463. The molecular formula is C23H17FN2O2. The zero-order valence-electron chi connectivity index (χ0n) is 14.9. The van der Waals surface area contributed by atoms with E-state index in [9.17, 15) is 14.0 Å². The van der Waals surface area contributed by atoms with Crippen molar-refractivity contribution in [2.75, 3.05) is 5.32 Å². The molecule has 0 aliphatic heterocycles. The fraction of sp³-hybridized carbons (Fsp3) is 0.0435. The molecular weight excluding hydrogens is 355 g/mol. The number of benzene rings is 3. The van der Waals surface area contributed by atoms with Gasteiger partial charge in [-0.15, -0.1) is 0 Å². The lowest BCUT2D eigenvalue weighted by Gasteiger charge is -2.10. The van der Waals surface area contributed by atoms with Gasteiger partial charge in [0.1, 0.15) is 11.4 Å². The quantitative estimate of drug-likeness (QED) is 0.576. The van der Waals surface area contributed by atoms with Crippen LogP contribution in [0.25, 0.3) is 10.8 Å². The third-order valence-corrected chi connectivity index (χ3v) is 4.57. The van der Waals surface area contributed by atoms with Gasteiger partial charge in [0, 0.05) is 17.3 Å². The van der Waals surface area contributed by atoms with Crippen molar-refractivity contribution in [1.29, 1.82) is 0 Å². The summed E-state index contributed by atoms with van der Waals surface area (Å²) in [5.74, 6) is -0.797. The number of carbonyl (C=O) groups is 1. The normalized spacial score (nSPS) is 10.8. The molecule has 0 spiro atoms. The Labute approximate surface area is 160 Å². The van der Waals surface area contributed by atoms with Crippen molar-refractivity contribution >= 4 is 22.4 Å². The van der Waals surface area contributed by atoms with Gasteiger partial charge in [0.25, 0.3) is 11.5 Å². The van der Waals surface area contributed by atoms with Crippen molar-refractivity contribution in [1.82, 2.24) is 4.57 Å². The van der Waals surface area contributed by atoms with Gasteiger partial charge in [0.05, 0.1) is 6.54 Å². The van der Waals surface area contributed by atoms with Crippen molar-refractivity contribution in [3.05, 3.63) is 112 Å². The summed E-state index contributed by atoms with van der Waals surface area (Å²) in [7, 11) is 0. The van der Waals surface area contributed by atoms with Crippen LogP contribution in [0.2, 0.25) is 0 Å². The Hall–Kier alpha value is -3.73. The van der Waals surface area contributed by atoms with Crippen LogP contribution >= 0.6 is 0 Å². The fourth-order valence-corrected chi connectivity index (χ4v) is 3.14. The number of amides is 1.